The van der Waals surface area contributed by atoms with Gasteiger partial charge in [-0.05, 0) is 48.4 Å². The predicted molar refractivity (Wildman–Crippen MR) is 119 cm³/mol. The molecular weight excluding hydrogens is 377 g/mol. The second-order valence-electron chi connectivity index (χ2n) is 7.40. The molecule has 0 amide bonds. The SMILES string of the molecule is CCCCCCCCOc1ccc(-c2ccc(OCc3ccccc3)cc2)nc1F. The van der Waals surface area contributed by atoms with E-state index in [9.17, 15) is 4.39 Å². The number of nitrogens with zero attached hydrogens (tertiary/aromatic N) is 1. The summed E-state index contributed by atoms with van der Waals surface area (Å²) in [6.07, 6.45) is 7.05. The molecule has 0 atom stereocenters. The van der Waals surface area contributed by atoms with Gasteiger partial charge in [-0.2, -0.15) is 4.39 Å². The van der Waals surface area contributed by atoms with Gasteiger partial charge in [-0.15, -0.1) is 0 Å². The van der Waals surface area contributed by atoms with Crippen molar-refractivity contribution in [2.75, 3.05) is 6.61 Å². The third-order valence-corrected chi connectivity index (χ3v) is 4.97. The van der Waals surface area contributed by atoms with E-state index in [1.54, 1.807) is 12.1 Å². The molecule has 4 heteroatoms. The maximum atomic E-state index is 14.3. The lowest BCUT2D eigenvalue weighted by molar-refractivity contribution is 0.286. The minimum absolute atomic E-state index is 0.218. The van der Waals surface area contributed by atoms with Gasteiger partial charge in [0.05, 0.1) is 12.3 Å². The highest BCUT2D eigenvalue weighted by atomic mass is 19.1. The largest absolute Gasteiger partial charge is 0.489 e. The topological polar surface area (TPSA) is 31.4 Å². The van der Waals surface area contributed by atoms with E-state index in [1.807, 2.05) is 54.6 Å². The molecule has 0 unspecified atom stereocenters. The standard InChI is InChI=1S/C26H30FNO2/c1-2-3-4-5-6-10-19-29-25-18-17-24(28-26(25)27)22-13-15-23(16-14-22)30-20-21-11-8-7-9-12-21/h7-9,11-18H,2-6,10,19-20H2,1H3. The van der Waals surface area contributed by atoms with Crippen LogP contribution in [0.1, 0.15) is 51.0 Å². The van der Waals surface area contributed by atoms with Crippen molar-refractivity contribution in [3.05, 3.63) is 78.2 Å². The first-order valence-electron chi connectivity index (χ1n) is 10.8. The van der Waals surface area contributed by atoms with Crippen molar-refractivity contribution in [1.82, 2.24) is 4.98 Å². The van der Waals surface area contributed by atoms with Crippen LogP contribution >= 0.6 is 0 Å². The first-order chi connectivity index (χ1) is 14.8. The molecule has 0 fully saturated rings. The Labute approximate surface area is 178 Å². The van der Waals surface area contributed by atoms with Crippen molar-refractivity contribution >= 4 is 0 Å². The van der Waals surface area contributed by atoms with Crippen molar-refractivity contribution < 1.29 is 13.9 Å². The molecule has 0 saturated heterocycles. The van der Waals surface area contributed by atoms with Gasteiger partial charge in [-0.3, -0.25) is 0 Å². The molecule has 0 radical (unpaired) electrons. The molecule has 0 bridgehead atoms. The average Bonchev–Trinajstić information content (AvgIpc) is 2.79. The van der Waals surface area contributed by atoms with Crippen LogP contribution in [-0.2, 0) is 6.61 Å². The summed E-state index contributed by atoms with van der Waals surface area (Å²) in [4.78, 5) is 4.07. The second kappa shape index (κ2) is 12.0. The minimum Gasteiger partial charge on any atom is -0.489 e. The summed E-state index contributed by atoms with van der Waals surface area (Å²) < 4.78 is 25.7. The smallest absolute Gasteiger partial charge is 0.255 e. The molecule has 0 aliphatic carbocycles. The van der Waals surface area contributed by atoms with E-state index >= 15 is 0 Å². The zero-order chi connectivity index (χ0) is 21.0. The minimum atomic E-state index is -0.567. The van der Waals surface area contributed by atoms with Crippen molar-refractivity contribution in [1.29, 1.82) is 0 Å². The lowest BCUT2D eigenvalue weighted by Crippen LogP contribution is -2.01. The number of aromatic nitrogens is 1. The fraction of sp³-hybridized carbons (Fsp3) is 0.346. The van der Waals surface area contributed by atoms with E-state index in [0.29, 0.717) is 18.9 Å². The highest BCUT2D eigenvalue weighted by molar-refractivity contribution is 5.60. The third-order valence-electron chi connectivity index (χ3n) is 4.97. The van der Waals surface area contributed by atoms with Crippen molar-refractivity contribution in [2.45, 2.75) is 52.1 Å². The van der Waals surface area contributed by atoms with E-state index in [0.717, 1.165) is 29.7 Å². The van der Waals surface area contributed by atoms with E-state index in [4.69, 9.17) is 9.47 Å². The normalized spacial score (nSPS) is 10.7. The third kappa shape index (κ3) is 6.87. The Bertz CT molecular complexity index is 881. The van der Waals surface area contributed by atoms with Gasteiger partial charge in [0.25, 0.3) is 5.95 Å². The molecule has 3 rings (SSSR count). The Morgan fingerprint density at radius 3 is 2.23 bits per heavy atom. The van der Waals surface area contributed by atoms with Crippen LogP contribution in [0.4, 0.5) is 4.39 Å². The molecular formula is C26H30FNO2. The second-order valence-corrected chi connectivity index (χ2v) is 7.40. The number of benzene rings is 2. The number of unbranched alkanes of at least 4 members (excludes halogenated alkanes) is 5. The highest BCUT2D eigenvalue weighted by Gasteiger charge is 2.08. The van der Waals surface area contributed by atoms with Gasteiger partial charge in [-0.1, -0.05) is 69.4 Å². The average molecular weight is 408 g/mol. The summed E-state index contributed by atoms with van der Waals surface area (Å²) in [5.74, 6) is 0.417. The Morgan fingerprint density at radius 1 is 0.767 bits per heavy atom. The molecule has 1 aromatic heterocycles. The Balaban J connectivity index is 1.49. The lowest BCUT2D eigenvalue weighted by Gasteiger charge is -2.09. The fourth-order valence-corrected chi connectivity index (χ4v) is 3.22. The Hall–Kier alpha value is -2.88. The molecule has 158 valence electrons. The van der Waals surface area contributed by atoms with Crippen molar-refractivity contribution in [3.8, 4) is 22.8 Å². The quantitative estimate of drug-likeness (QED) is 0.235. The van der Waals surface area contributed by atoms with Crippen molar-refractivity contribution in [3.63, 3.8) is 0 Å². The molecule has 0 aliphatic rings. The van der Waals surface area contributed by atoms with Crippen LogP contribution < -0.4 is 9.47 Å². The number of hydrogen-bond acceptors (Lipinski definition) is 3. The maximum Gasteiger partial charge on any atom is 0.255 e. The summed E-state index contributed by atoms with van der Waals surface area (Å²) in [7, 11) is 0. The van der Waals surface area contributed by atoms with E-state index < -0.39 is 5.95 Å². The summed E-state index contributed by atoms with van der Waals surface area (Å²) in [6, 6.07) is 21.0. The van der Waals surface area contributed by atoms with Gasteiger partial charge >= 0.3 is 0 Å². The van der Waals surface area contributed by atoms with Crippen molar-refractivity contribution in [2.24, 2.45) is 0 Å². The molecule has 0 aliphatic heterocycles. The number of hydrogen-bond donors (Lipinski definition) is 0. The van der Waals surface area contributed by atoms with Gasteiger partial charge < -0.3 is 9.47 Å². The van der Waals surface area contributed by atoms with E-state index in [2.05, 4.69) is 11.9 Å². The van der Waals surface area contributed by atoms with E-state index in [-0.39, 0.29) is 5.75 Å². The zero-order valence-electron chi connectivity index (χ0n) is 17.6. The Kier molecular flexibility index (Phi) is 8.70. The zero-order valence-corrected chi connectivity index (χ0v) is 17.6. The van der Waals surface area contributed by atoms with E-state index in [1.165, 1.54) is 25.7 Å². The van der Waals surface area contributed by atoms with Crippen LogP contribution in [0.15, 0.2) is 66.7 Å². The summed E-state index contributed by atoms with van der Waals surface area (Å²) in [5, 5.41) is 0. The summed E-state index contributed by atoms with van der Waals surface area (Å²) in [6.45, 7) is 3.24. The molecule has 0 saturated carbocycles. The van der Waals surface area contributed by atoms with Crippen LogP contribution in [0.5, 0.6) is 11.5 Å². The molecule has 0 N–H and O–H groups in total. The molecule has 30 heavy (non-hydrogen) atoms. The lowest BCUT2D eigenvalue weighted by atomic mass is 10.1. The molecule has 1 heterocycles. The summed E-state index contributed by atoms with van der Waals surface area (Å²) in [5.41, 5.74) is 2.53. The van der Waals surface area contributed by atoms with Gasteiger partial charge in [0.1, 0.15) is 12.4 Å². The molecule has 2 aromatic carbocycles. The number of pyridine rings is 1. The first kappa shape index (κ1) is 21.8. The van der Waals surface area contributed by atoms with Gasteiger partial charge in [-0.25, -0.2) is 4.98 Å². The van der Waals surface area contributed by atoms with Crippen LogP contribution in [-0.4, -0.2) is 11.6 Å². The number of ether oxygens (including phenoxy) is 2. The Morgan fingerprint density at radius 2 is 1.50 bits per heavy atom. The van der Waals surface area contributed by atoms with Gasteiger partial charge in [0, 0.05) is 5.56 Å². The van der Waals surface area contributed by atoms with Crippen LogP contribution in [0.3, 0.4) is 0 Å². The first-order valence-corrected chi connectivity index (χ1v) is 10.8. The molecule has 0 spiro atoms. The summed E-state index contributed by atoms with van der Waals surface area (Å²) >= 11 is 0. The molecule has 3 aromatic rings. The monoisotopic (exact) mass is 407 g/mol. The highest BCUT2D eigenvalue weighted by Crippen LogP contribution is 2.25. The predicted octanol–water partition coefficient (Wildman–Crippen LogP) is 7.21. The fourth-order valence-electron chi connectivity index (χ4n) is 3.22. The number of halogens is 1. The molecule has 3 nitrogen and oxygen atoms in total. The number of rotatable bonds is 12. The van der Waals surface area contributed by atoms with Crippen LogP contribution in [0.2, 0.25) is 0 Å². The van der Waals surface area contributed by atoms with Crippen LogP contribution in [0.25, 0.3) is 11.3 Å². The van der Waals surface area contributed by atoms with Gasteiger partial charge in [0.2, 0.25) is 0 Å². The van der Waals surface area contributed by atoms with Crippen LogP contribution in [0, 0.1) is 5.95 Å². The maximum absolute atomic E-state index is 14.3. The van der Waals surface area contributed by atoms with Gasteiger partial charge in [0.15, 0.2) is 5.75 Å².